The highest BCUT2D eigenvalue weighted by molar-refractivity contribution is 9.10. The van der Waals surface area contributed by atoms with Gasteiger partial charge in [-0.2, -0.15) is 0 Å². The van der Waals surface area contributed by atoms with Crippen molar-refractivity contribution < 1.29 is 9.84 Å². The van der Waals surface area contributed by atoms with Gasteiger partial charge in [0.15, 0.2) is 0 Å². The zero-order chi connectivity index (χ0) is 13.8. The molecule has 106 valence electrons. The monoisotopic (exact) mass is 327 g/mol. The molecule has 2 N–H and O–H groups in total. The molecule has 1 unspecified atom stereocenters. The van der Waals surface area contributed by atoms with Gasteiger partial charge < -0.3 is 15.2 Å². The minimum Gasteiger partial charge on any atom is -0.495 e. The number of hydrogen-bond acceptors (Lipinski definition) is 3. The molecule has 1 atom stereocenters. The van der Waals surface area contributed by atoms with E-state index in [0.717, 1.165) is 28.6 Å². The number of nitrogens with one attached hydrogen (secondary N) is 1. The van der Waals surface area contributed by atoms with Gasteiger partial charge in [-0.1, -0.05) is 6.42 Å². The van der Waals surface area contributed by atoms with Crippen molar-refractivity contribution in [2.45, 2.75) is 38.2 Å². The molecule has 1 aliphatic rings. The second-order valence-corrected chi connectivity index (χ2v) is 5.93. The van der Waals surface area contributed by atoms with Crippen molar-refractivity contribution in [1.82, 2.24) is 5.32 Å². The number of hydrogen-bond donors (Lipinski definition) is 2. The molecule has 1 aromatic rings. The van der Waals surface area contributed by atoms with Crippen LogP contribution in [0.1, 0.15) is 42.1 Å². The Morgan fingerprint density at radius 2 is 2.11 bits per heavy atom. The minimum absolute atomic E-state index is 0.524. The third kappa shape index (κ3) is 3.12. The van der Waals surface area contributed by atoms with E-state index in [0.29, 0.717) is 6.54 Å². The highest BCUT2D eigenvalue weighted by Crippen LogP contribution is 2.40. The highest BCUT2D eigenvalue weighted by Gasteiger charge is 2.23. The van der Waals surface area contributed by atoms with Gasteiger partial charge in [0.1, 0.15) is 5.75 Å². The number of aliphatic hydroxyl groups excluding tert-OH is 1. The third-order valence-corrected chi connectivity index (χ3v) is 4.37. The van der Waals surface area contributed by atoms with Crippen LogP contribution in [0.4, 0.5) is 0 Å². The van der Waals surface area contributed by atoms with Crippen LogP contribution in [0.2, 0.25) is 0 Å². The molecule has 0 bridgehead atoms. The summed E-state index contributed by atoms with van der Waals surface area (Å²) in [6.07, 6.45) is 5.29. The van der Waals surface area contributed by atoms with Crippen LogP contribution < -0.4 is 10.1 Å². The van der Waals surface area contributed by atoms with E-state index in [4.69, 9.17) is 4.74 Å². The maximum Gasteiger partial charge on any atom is 0.139 e. The zero-order valence-corrected chi connectivity index (χ0v) is 13.2. The number of rotatable bonds is 4. The van der Waals surface area contributed by atoms with Gasteiger partial charge in [0, 0.05) is 12.1 Å². The summed E-state index contributed by atoms with van der Waals surface area (Å²) < 4.78 is 6.46. The van der Waals surface area contributed by atoms with Crippen LogP contribution in [0.15, 0.2) is 10.5 Å². The molecule has 0 aromatic heterocycles. The van der Waals surface area contributed by atoms with Crippen molar-refractivity contribution >= 4 is 15.9 Å². The fourth-order valence-electron chi connectivity index (χ4n) is 2.91. The first-order valence-electron chi connectivity index (χ1n) is 6.89. The quantitative estimate of drug-likeness (QED) is 0.835. The first-order chi connectivity index (χ1) is 9.19. The topological polar surface area (TPSA) is 41.5 Å². The number of ether oxygens (including phenoxy) is 1. The first-order valence-corrected chi connectivity index (χ1v) is 7.69. The van der Waals surface area contributed by atoms with E-state index in [1.54, 1.807) is 7.11 Å². The fourth-order valence-corrected chi connectivity index (χ4v) is 3.56. The lowest BCUT2D eigenvalue weighted by Crippen LogP contribution is -2.19. The maximum absolute atomic E-state index is 10.4. The Labute approximate surface area is 123 Å². The summed E-state index contributed by atoms with van der Waals surface area (Å²) in [4.78, 5) is 0. The average molecular weight is 328 g/mol. The second kappa shape index (κ2) is 6.73. The molecule has 0 aliphatic heterocycles. The summed E-state index contributed by atoms with van der Waals surface area (Å²) in [5.74, 6) is 0.781. The summed E-state index contributed by atoms with van der Waals surface area (Å²) >= 11 is 3.57. The minimum atomic E-state index is -0.524. The van der Waals surface area contributed by atoms with E-state index in [9.17, 15) is 5.11 Å². The van der Waals surface area contributed by atoms with Gasteiger partial charge in [-0.3, -0.25) is 0 Å². The standard InChI is InChI=1S/C15H22BrNO2/c1-17-9-13(18)14-11-7-5-3-4-6-10(11)8-12(16)15(14)19-2/h8,13,17-18H,3-7,9H2,1-2H3. The Hall–Kier alpha value is -0.580. The number of likely N-dealkylation sites (N-methyl/N-ethyl adjacent to an activating group) is 1. The Bertz CT molecular complexity index is 448. The molecule has 0 saturated carbocycles. The Morgan fingerprint density at radius 3 is 2.79 bits per heavy atom. The van der Waals surface area contributed by atoms with Crippen LogP contribution in [0.3, 0.4) is 0 Å². The number of benzene rings is 1. The summed E-state index contributed by atoms with van der Waals surface area (Å²) in [5, 5.41) is 13.5. The molecular weight excluding hydrogens is 306 g/mol. The summed E-state index contributed by atoms with van der Waals surface area (Å²) in [6.45, 7) is 0.541. The van der Waals surface area contributed by atoms with Gasteiger partial charge in [-0.25, -0.2) is 0 Å². The predicted octanol–water partition coefficient (Wildman–Crippen LogP) is 2.98. The van der Waals surface area contributed by atoms with Gasteiger partial charge in [0.05, 0.1) is 17.7 Å². The van der Waals surface area contributed by atoms with E-state index in [2.05, 4.69) is 27.3 Å². The van der Waals surface area contributed by atoms with E-state index in [1.807, 2.05) is 7.05 Å². The van der Waals surface area contributed by atoms with Crippen molar-refractivity contribution in [2.24, 2.45) is 0 Å². The SMILES string of the molecule is CNCC(O)c1c2c(cc(Br)c1OC)CCCCC2. The van der Waals surface area contributed by atoms with Crippen LogP contribution in [-0.4, -0.2) is 25.8 Å². The summed E-state index contributed by atoms with van der Waals surface area (Å²) in [6, 6.07) is 2.16. The molecule has 1 aromatic carbocycles. The fraction of sp³-hybridized carbons (Fsp3) is 0.600. The van der Waals surface area contributed by atoms with Gasteiger partial charge in [-0.05, 0) is 65.9 Å². The van der Waals surface area contributed by atoms with Crippen molar-refractivity contribution in [3.05, 3.63) is 27.2 Å². The zero-order valence-electron chi connectivity index (χ0n) is 11.6. The van der Waals surface area contributed by atoms with Crippen LogP contribution in [0.5, 0.6) is 5.75 Å². The molecule has 0 heterocycles. The molecule has 19 heavy (non-hydrogen) atoms. The number of fused-ring (bicyclic) bond motifs is 1. The molecule has 0 radical (unpaired) electrons. The van der Waals surface area contributed by atoms with Crippen LogP contribution >= 0.6 is 15.9 Å². The summed E-state index contributed by atoms with van der Waals surface area (Å²) in [7, 11) is 3.52. The largest absolute Gasteiger partial charge is 0.495 e. The van der Waals surface area contributed by atoms with Gasteiger partial charge >= 0.3 is 0 Å². The van der Waals surface area contributed by atoms with E-state index in [-0.39, 0.29) is 0 Å². The molecule has 0 fully saturated rings. The Kier molecular flexibility index (Phi) is 5.25. The smallest absolute Gasteiger partial charge is 0.139 e. The molecule has 0 amide bonds. The lowest BCUT2D eigenvalue weighted by atomic mass is 9.93. The highest BCUT2D eigenvalue weighted by atomic mass is 79.9. The van der Waals surface area contributed by atoms with Crippen molar-refractivity contribution in [1.29, 1.82) is 0 Å². The molecule has 4 heteroatoms. The summed E-state index contributed by atoms with van der Waals surface area (Å²) in [5.41, 5.74) is 3.61. The van der Waals surface area contributed by atoms with E-state index < -0.39 is 6.10 Å². The number of aliphatic hydroxyl groups is 1. The van der Waals surface area contributed by atoms with Crippen molar-refractivity contribution in [2.75, 3.05) is 20.7 Å². The van der Waals surface area contributed by atoms with Crippen LogP contribution in [-0.2, 0) is 12.8 Å². The second-order valence-electron chi connectivity index (χ2n) is 5.08. The molecule has 2 rings (SSSR count). The van der Waals surface area contributed by atoms with E-state index in [1.165, 1.54) is 30.4 Å². The Balaban J connectivity index is 2.54. The molecular formula is C15H22BrNO2. The normalized spacial score (nSPS) is 16.6. The third-order valence-electron chi connectivity index (χ3n) is 3.78. The number of halogens is 1. The number of aryl methyl sites for hydroxylation is 1. The molecule has 3 nitrogen and oxygen atoms in total. The average Bonchev–Trinajstić information content (AvgIpc) is 2.62. The van der Waals surface area contributed by atoms with Crippen LogP contribution in [0.25, 0.3) is 0 Å². The maximum atomic E-state index is 10.4. The molecule has 0 spiro atoms. The Morgan fingerprint density at radius 1 is 1.37 bits per heavy atom. The van der Waals surface area contributed by atoms with Gasteiger partial charge in [0.25, 0.3) is 0 Å². The van der Waals surface area contributed by atoms with Crippen LogP contribution in [0, 0.1) is 0 Å². The predicted molar refractivity (Wildman–Crippen MR) is 80.8 cm³/mol. The van der Waals surface area contributed by atoms with E-state index >= 15 is 0 Å². The lowest BCUT2D eigenvalue weighted by Gasteiger charge is -2.22. The van der Waals surface area contributed by atoms with Crippen molar-refractivity contribution in [3.8, 4) is 5.75 Å². The lowest BCUT2D eigenvalue weighted by molar-refractivity contribution is 0.172. The van der Waals surface area contributed by atoms with Gasteiger partial charge in [-0.15, -0.1) is 0 Å². The molecule has 1 aliphatic carbocycles. The van der Waals surface area contributed by atoms with Gasteiger partial charge in [0.2, 0.25) is 0 Å². The molecule has 0 saturated heterocycles. The first kappa shape index (κ1) is 14.8. The number of methoxy groups -OCH3 is 1. The van der Waals surface area contributed by atoms with Crippen molar-refractivity contribution in [3.63, 3.8) is 0 Å².